The summed E-state index contributed by atoms with van der Waals surface area (Å²) in [6.07, 6.45) is 1.10. The lowest BCUT2D eigenvalue weighted by molar-refractivity contribution is -0.114. The van der Waals surface area contributed by atoms with Crippen LogP contribution in [0.3, 0.4) is 0 Å². The van der Waals surface area contributed by atoms with Crippen molar-refractivity contribution < 1.29 is 21.9 Å². The standard InChI is InChI=1S/C4H7NO.C3H9N.C2H6O4S/c1-3(2)4(5)6;1-2-3-4;1-2-6-7(3,4)5/h1H2,2H3,(H2,5,6);2-4H2,1H3;2H2,1H3,(H,3,4,5). The molecule has 0 radical (unpaired) electrons. The zero-order chi connectivity index (χ0) is 14.5. The Morgan fingerprint density at radius 1 is 1.41 bits per heavy atom. The molecular weight excluding hydrogens is 248 g/mol. The summed E-state index contributed by atoms with van der Waals surface area (Å²) in [6, 6.07) is 0. The summed E-state index contributed by atoms with van der Waals surface area (Å²) < 4.78 is 30.7. The lowest BCUT2D eigenvalue weighted by atomic mass is 10.3. The van der Waals surface area contributed by atoms with Crippen LogP contribution in [0.2, 0.25) is 0 Å². The molecule has 0 aromatic carbocycles. The van der Waals surface area contributed by atoms with Crippen LogP contribution in [0.5, 0.6) is 0 Å². The molecule has 17 heavy (non-hydrogen) atoms. The molecule has 0 spiro atoms. The van der Waals surface area contributed by atoms with E-state index in [-0.39, 0.29) is 6.61 Å². The van der Waals surface area contributed by atoms with Gasteiger partial charge in [0, 0.05) is 5.57 Å². The van der Waals surface area contributed by atoms with Crippen molar-refractivity contribution in [3.05, 3.63) is 12.2 Å². The van der Waals surface area contributed by atoms with Crippen molar-refractivity contribution in [3.8, 4) is 0 Å². The molecule has 0 unspecified atom stereocenters. The number of primary amides is 1. The molecule has 7 nitrogen and oxygen atoms in total. The summed E-state index contributed by atoms with van der Waals surface area (Å²) in [6.45, 7) is 9.16. The van der Waals surface area contributed by atoms with E-state index in [1.54, 1.807) is 6.92 Å². The van der Waals surface area contributed by atoms with Crippen LogP contribution in [0, 0.1) is 0 Å². The number of carbonyl (C=O) groups excluding carboxylic acids is 1. The van der Waals surface area contributed by atoms with Crippen LogP contribution >= 0.6 is 0 Å². The van der Waals surface area contributed by atoms with Gasteiger partial charge < -0.3 is 11.5 Å². The Morgan fingerprint density at radius 3 is 1.71 bits per heavy atom. The lowest BCUT2D eigenvalue weighted by Crippen LogP contribution is -2.10. The Balaban J connectivity index is -0.000000180. The van der Waals surface area contributed by atoms with Gasteiger partial charge in [-0.25, -0.2) is 4.18 Å². The molecule has 0 aromatic heterocycles. The second-order valence-electron chi connectivity index (χ2n) is 2.77. The molecule has 0 aliphatic carbocycles. The van der Waals surface area contributed by atoms with Gasteiger partial charge in [0.15, 0.2) is 0 Å². The summed E-state index contributed by atoms with van der Waals surface area (Å²) in [7, 11) is -4.17. The molecule has 104 valence electrons. The van der Waals surface area contributed by atoms with Gasteiger partial charge in [-0.2, -0.15) is 8.42 Å². The average Bonchev–Trinajstić information content (AvgIpc) is 2.17. The van der Waals surface area contributed by atoms with E-state index in [1.165, 1.54) is 6.92 Å². The molecule has 0 saturated heterocycles. The van der Waals surface area contributed by atoms with Gasteiger partial charge in [-0.05, 0) is 26.8 Å². The zero-order valence-electron chi connectivity index (χ0n) is 10.5. The van der Waals surface area contributed by atoms with Crippen molar-refractivity contribution in [3.63, 3.8) is 0 Å². The molecule has 0 rings (SSSR count). The largest absolute Gasteiger partial charge is 0.397 e. The molecule has 0 bridgehead atoms. The van der Waals surface area contributed by atoms with Gasteiger partial charge in [-0.1, -0.05) is 13.5 Å². The fourth-order valence-corrected chi connectivity index (χ4v) is 0.447. The van der Waals surface area contributed by atoms with Crippen molar-refractivity contribution in [1.29, 1.82) is 0 Å². The highest BCUT2D eigenvalue weighted by atomic mass is 32.3. The number of rotatable bonds is 4. The quantitative estimate of drug-likeness (QED) is 0.494. The van der Waals surface area contributed by atoms with Gasteiger partial charge >= 0.3 is 10.4 Å². The van der Waals surface area contributed by atoms with Crippen molar-refractivity contribution in [2.45, 2.75) is 27.2 Å². The molecule has 1 amide bonds. The number of amides is 1. The van der Waals surface area contributed by atoms with E-state index in [4.69, 9.17) is 16.0 Å². The van der Waals surface area contributed by atoms with Crippen LogP contribution in [0.15, 0.2) is 12.2 Å². The fourth-order valence-electron chi connectivity index (χ4n) is 0.149. The van der Waals surface area contributed by atoms with Crippen LogP contribution in [0.4, 0.5) is 0 Å². The third kappa shape index (κ3) is 39.6. The summed E-state index contributed by atoms with van der Waals surface area (Å²) in [4.78, 5) is 9.82. The van der Waals surface area contributed by atoms with Crippen molar-refractivity contribution in [2.24, 2.45) is 11.5 Å². The molecule has 0 saturated carbocycles. The molecular formula is C9H22N2O5S. The van der Waals surface area contributed by atoms with Crippen LogP contribution in [-0.4, -0.2) is 32.0 Å². The molecule has 0 aromatic rings. The third-order valence-electron chi connectivity index (χ3n) is 0.976. The smallest absolute Gasteiger partial charge is 0.366 e. The Bertz CT molecular complexity index is 287. The number of carbonyl (C=O) groups is 1. The van der Waals surface area contributed by atoms with E-state index in [1.807, 2.05) is 0 Å². The van der Waals surface area contributed by atoms with Gasteiger partial charge in [0.1, 0.15) is 0 Å². The van der Waals surface area contributed by atoms with Gasteiger partial charge in [-0.15, -0.1) is 0 Å². The maximum Gasteiger partial charge on any atom is 0.397 e. The first-order valence-electron chi connectivity index (χ1n) is 4.89. The van der Waals surface area contributed by atoms with Gasteiger partial charge in [0.05, 0.1) is 6.61 Å². The van der Waals surface area contributed by atoms with Crippen molar-refractivity contribution in [1.82, 2.24) is 0 Å². The maximum absolute atomic E-state index is 9.82. The normalized spacial score (nSPS) is 9.24. The zero-order valence-corrected chi connectivity index (χ0v) is 11.3. The summed E-state index contributed by atoms with van der Waals surface area (Å²) in [5.74, 6) is -0.435. The monoisotopic (exact) mass is 270 g/mol. The number of hydrogen-bond acceptors (Lipinski definition) is 5. The molecule has 0 heterocycles. The van der Waals surface area contributed by atoms with Crippen molar-refractivity contribution in [2.75, 3.05) is 13.2 Å². The Morgan fingerprint density at radius 2 is 1.71 bits per heavy atom. The topological polar surface area (TPSA) is 133 Å². The first-order valence-corrected chi connectivity index (χ1v) is 6.26. The van der Waals surface area contributed by atoms with E-state index in [0.29, 0.717) is 5.57 Å². The minimum Gasteiger partial charge on any atom is -0.366 e. The highest BCUT2D eigenvalue weighted by Crippen LogP contribution is 1.81. The van der Waals surface area contributed by atoms with Crippen LogP contribution in [0.25, 0.3) is 0 Å². The number of nitrogens with two attached hydrogens (primary N) is 2. The second-order valence-corrected chi connectivity index (χ2v) is 3.86. The summed E-state index contributed by atoms with van der Waals surface area (Å²) in [5.41, 5.74) is 10.1. The SMILES string of the molecule is C=C(C)C(N)=O.CCCN.CCOS(=O)(=O)O. The van der Waals surface area contributed by atoms with Gasteiger partial charge in [0.25, 0.3) is 0 Å². The Labute approximate surface area is 103 Å². The van der Waals surface area contributed by atoms with Gasteiger partial charge in [0.2, 0.25) is 5.91 Å². The van der Waals surface area contributed by atoms with Crippen LogP contribution in [0.1, 0.15) is 27.2 Å². The molecule has 0 aliphatic heterocycles. The maximum atomic E-state index is 9.82. The minimum atomic E-state index is -4.17. The van der Waals surface area contributed by atoms with Crippen molar-refractivity contribution >= 4 is 16.3 Å². The second kappa shape index (κ2) is 13.1. The molecule has 8 heteroatoms. The first kappa shape index (κ1) is 21.3. The predicted octanol–water partition coefficient (Wildman–Crippen LogP) is 0.229. The Hall–Kier alpha value is -0.960. The van der Waals surface area contributed by atoms with E-state index in [0.717, 1.165) is 13.0 Å². The average molecular weight is 270 g/mol. The van der Waals surface area contributed by atoms with Crippen LogP contribution < -0.4 is 11.5 Å². The minimum absolute atomic E-state index is 0.0289. The summed E-state index contributed by atoms with van der Waals surface area (Å²) >= 11 is 0. The number of hydrogen-bond donors (Lipinski definition) is 3. The van der Waals surface area contributed by atoms with Gasteiger partial charge in [-0.3, -0.25) is 9.35 Å². The molecule has 0 atom stereocenters. The van der Waals surface area contributed by atoms with E-state index < -0.39 is 16.3 Å². The highest BCUT2D eigenvalue weighted by molar-refractivity contribution is 7.80. The predicted molar refractivity (Wildman–Crippen MR) is 66.5 cm³/mol. The lowest BCUT2D eigenvalue weighted by Gasteiger charge is -1.88. The van der Waals surface area contributed by atoms with E-state index >= 15 is 0 Å². The molecule has 5 N–H and O–H groups in total. The fraction of sp³-hybridized carbons (Fsp3) is 0.667. The van der Waals surface area contributed by atoms with E-state index in [9.17, 15) is 13.2 Å². The first-order chi connectivity index (χ1) is 7.62. The highest BCUT2D eigenvalue weighted by Gasteiger charge is 1.98. The van der Waals surface area contributed by atoms with Crippen LogP contribution in [-0.2, 0) is 19.4 Å². The third-order valence-corrected chi connectivity index (χ3v) is 1.51. The summed E-state index contributed by atoms with van der Waals surface area (Å²) in [5, 5.41) is 0. The Kier molecular flexibility index (Phi) is 16.5. The molecule has 0 fully saturated rings. The molecule has 0 aliphatic rings. The van der Waals surface area contributed by atoms with E-state index in [2.05, 4.69) is 17.7 Å².